The molecule has 1 aliphatic carbocycles. The van der Waals surface area contributed by atoms with Crippen molar-refractivity contribution in [2.75, 3.05) is 6.61 Å². The minimum atomic E-state index is -0.143. The molecule has 3 aliphatic rings. The molecule has 0 saturated carbocycles. The molecule has 2 atom stereocenters. The minimum Gasteiger partial charge on any atom is -0.468 e. The first-order chi connectivity index (χ1) is 6.86. The lowest BCUT2D eigenvalue weighted by Crippen LogP contribution is -2.29. The Bertz CT molecular complexity index is 306. The van der Waals surface area contributed by atoms with Crippen molar-refractivity contribution in [1.29, 1.82) is 0 Å². The molecule has 2 aliphatic heterocycles. The zero-order chi connectivity index (χ0) is 9.54. The maximum atomic E-state index is 11.7. The summed E-state index contributed by atoms with van der Waals surface area (Å²) in [4.78, 5) is 11.7. The van der Waals surface area contributed by atoms with Gasteiger partial charge in [0.2, 0.25) is 6.29 Å². The van der Waals surface area contributed by atoms with Crippen molar-refractivity contribution in [2.45, 2.75) is 38.4 Å². The summed E-state index contributed by atoms with van der Waals surface area (Å²) in [7, 11) is 0. The van der Waals surface area contributed by atoms with E-state index < -0.39 is 0 Å². The highest BCUT2D eigenvalue weighted by Crippen LogP contribution is 2.42. The van der Waals surface area contributed by atoms with Gasteiger partial charge in [-0.1, -0.05) is 0 Å². The number of carbonyl (C=O) groups is 1. The lowest BCUT2D eigenvalue weighted by Gasteiger charge is -2.25. The van der Waals surface area contributed by atoms with Crippen LogP contribution < -0.4 is 0 Å². The average Bonchev–Trinajstić information content (AvgIpc) is 2.57. The topological polar surface area (TPSA) is 35.5 Å². The molecule has 3 nitrogen and oxygen atoms in total. The lowest BCUT2D eigenvalue weighted by molar-refractivity contribution is -0.146. The van der Waals surface area contributed by atoms with Crippen molar-refractivity contribution in [2.24, 2.45) is 5.92 Å². The molecule has 3 heteroatoms. The van der Waals surface area contributed by atoms with Crippen LogP contribution in [0, 0.1) is 5.92 Å². The molecule has 0 bridgehead atoms. The van der Waals surface area contributed by atoms with Gasteiger partial charge in [0.25, 0.3) is 0 Å². The number of allylic oxidation sites excluding steroid dienone is 1. The molecule has 0 spiro atoms. The molecular weight excluding hydrogens is 180 g/mol. The highest BCUT2D eigenvalue weighted by molar-refractivity contribution is 5.97. The Balaban J connectivity index is 1.93. The van der Waals surface area contributed by atoms with E-state index in [-0.39, 0.29) is 12.2 Å². The second kappa shape index (κ2) is 3.09. The Morgan fingerprint density at radius 2 is 2.14 bits per heavy atom. The second-order valence-corrected chi connectivity index (χ2v) is 4.22. The van der Waals surface area contributed by atoms with Crippen LogP contribution in [-0.4, -0.2) is 18.7 Å². The highest BCUT2D eigenvalue weighted by atomic mass is 16.7. The molecule has 0 N–H and O–H groups in total. The molecule has 0 radical (unpaired) electrons. The van der Waals surface area contributed by atoms with Crippen LogP contribution in [0.5, 0.6) is 0 Å². The van der Waals surface area contributed by atoms with Crippen LogP contribution in [0.4, 0.5) is 0 Å². The van der Waals surface area contributed by atoms with Crippen LogP contribution in [0.2, 0.25) is 0 Å². The molecule has 0 amide bonds. The molecule has 76 valence electrons. The summed E-state index contributed by atoms with van der Waals surface area (Å²) in [5.41, 5.74) is 0.959. The minimum absolute atomic E-state index is 0.143. The Labute approximate surface area is 83.1 Å². The van der Waals surface area contributed by atoms with Gasteiger partial charge in [0.15, 0.2) is 5.78 Å². The molecule has 3 rings (SSSR count). The largest absolute Gasteiger partial charge is 0.468 e. The van der Waals surface area contributed by atoms with Gasteiger partial charge in [0, 0.05) is 18.4 Å². The van der Waals surface area contributed by atoms with Gasteiger partial charge in [-0.2, -0.15) is 0 Å². The third-order valence-electron chi connectivity index (χ3n) is 3.31. The fraction of sp³-hybridized carbons (Fsp3) is 0.727. The standard InChI is InChI=1S/C11H14O3/c12-8-4-1-5-9-10(8)7-3-2-6-13-11(7)14-9/h7,11H,1-6H2/t7-,11+/m0/s1. The molecule has 1 fully saturated rings. The van der Waals surface area contributed by atoms with Crippen LogP contribution in [-0.2, 0) is 14.3 Å². The third-order valence-corrected chi connectivity index (χ3v) is 3.31. The first-order valence-corrected chi connectivity index (χ1v) is 5.41. The lowest BCUT2D eigenvalue weighted by atomic mass is 9.85. The predicted octanol–water partition coefficient (Wildman–Crippen LogP) is 1.78. The molecule has 0 aromatic rings. The van der Waals surface area contributed by atoms with E-state index in [0.717, 1.165) is 43.6 Å². The maximum absolute atomic E-state index is 11.7. The quantitative estimate of drug-likeness (QED) is 0.589. The second-order valence-electron chi connectivity index (χ2n) is 4.22. The Hall–Kier alpha value is -0.830. The Morgan fingerprint density at radius 3 is 3.07 bits per heavy atom. The number of ketones is 1. The van der Waals surface area contributed by atoms with E-state index in [0.29, 0.717) is 12.2 Å². The number of hydrogen-bond donors (Lipinski definition) is 0. The van der Waals surface area contributed by atoms with E-state index in [4.69, 9.17) is 9.47 Å². The normalized spacial score (nSPS) is 36.4. The number of ether oxygens (including phenoxy) is 2. The van der Waals surface area contributed by atoms with Gasteiger partial charge < -0.3 is 9.47 Å². The highest BCUT2D eigenvalue weighted by Gasteiger charge is 2.43. The monoisotopic (exact) mass is 194 g/mol. The molecule has 0 unspecified atom stereocenters. The van der Waals surface area contributed by atoms with Crippen LogP contribution in [0.3, 0.4) is 0 Å². The predicted molar refractivity (Wildman–Crippen MR) is 49.4 cm³/mol. The van der Waals surface area contributed by atoms with E-state index in [9.17, 15) is 4.79 Å². The van der Waals surface area contributed by atoms with Crippen LogP contribution >= 0.6 is 0 Å². The first-order valence-electron chi connectivity index (χ1n) is 5.41. The summed E-state index contributed by atoms with van der Waals surface area (Å²) in [6.07, 6.45) is 4.53. The zero-order valence-electron chi connectivity index (χ0n) is 8.12. The van der Waals surface area contributed by atoms with Crippen LogP contribution in [0.15, 0.2) is 11.3 Å². The molecule has 0 aromatic carbocycles. The number of hydrogen-bond acceptors (Lipinski definition) is 3. The van der Waals surface area contributed by atoms with E-state index in [2.05, 4.69) is 0 Å². The SMILES string of the molecule is O=C1CCCC2=C1[C@@H]1CCCO[C@@H]1O2. The number of fused-ring (bicyclic) bond motifs is 2. The number of Topliss-reactive ketones (excluding diaryl/α,β-unsaturated/α-hetero) is 1. The van der Waals surface area contributed by atoms with E-state index in [1.165, 1.54) is 0 Å². The van der Waals surface area contributed by atoms with Gasteiger partial charge in [-0.3, -0.25) is 4.79 Å². The van der Waals surface area contributed by atoms with Gasteiger partial charge in [-0.25, -0.2) is 0 Å². The average molecular weight is 194 g/mol. The summed E-state index contributed by atoms with van der Waals surface area (Å²) < 4.78 is 11.2. The van der Waals surface area contributed by atoms with Gasteiger partial charge in [-0.05, 0) is 19.3 Å². The molecule has 0 aromatic heterocycles. The van der Waals surface area contributed by atoms with Crippen molar-refractivity contribution in [3.05, 3.63) is 11.3 Å². The van der Waals surface area contributed by atoms with Crippen molar-refractivity contribution in [3.8, 4) is 0 Å². The van der Waals surface area contributed by atoms with Crippen molar-refractivity contribution < 1.29 is 14.3 Å². The smallest absolute Gasteiger partial charge is 0.206 e. The molecular formula is C11H14O3. The number of rotatable bonds is 0. The van der Waals surface area contributed by atoms with E-state index in [1.54, 1.807) is 0 Å². The van der Waals surface area contributed by atoms with Gasteiger partial charge in [0.1, 0.15) is 5.76 Å². The van der Waals surface area contributed by atoms with E-state index >= 15 is 0 Å². The Morgan fingerprint density at radius 1 is 1.21 bits per heavy atom. The zero-order valence-corrected chi connectivity index (χ0v) is 8.12. The van der Waals surface area contributed by atoms with Gasteiger partial charge in [-0.15, -0.1) is 0 Å². The summed E-state index contributed by atoms with van der Waals surface area (Å²) in [5.74, 6) is 1.47. The van der Waals surface area contributed by atoms with E-state index in [1.807, 2.05) is 0 Å². The first kappa shape index (κ1) is 8.48. The molecule has 2 heterocycles. The fourth-order valence-electron chi connectivity index (χ4n) is 2.66. The summed E-state index contributed by atoms with van der Waals surface area (Å²) in [6.45, 7) is 0.774. The van der Waals surface area contributed by atoms with Crippen molar-refractivity contribution in [1.82, 2.24) is 0 Å². The van der Waals surface area contributed by atoms with Gasteiger partial charge >= 0.3 is 0 Å². The van der Waals surface area contributed by atoms with Crippen LogP contribution in [0.25, 0.3) is 0 Å². The summed E-state index contributed by atoms with van der Waals surface area (Å²) in [5, 5.41) is 0. The fourth-order valence-corrected chi connectivity index (χ4v) is 2.66. The van der Waals surface area contributed by atoms with Gasteiger partial charge in [0.05, 0.1) is 12.5 Å². The van der Waals surface area contributed by atoms with Crippen molar-refractivity contribution >= 4 is 5.78 Å². The summed E-state index contributed by atoms with van der Waals surface area (Å²) >= 11 is 0. The number of carbonyl (C=O) groups excluding carboxylic acids is 1. The van der Waals surface area contributed by atoms with Crippen molar-refractivity contribution in [3.63, 3.8) is 0 Å². The van der Waals surface area contributed by atoms with Crippen LogP contribution in [0.1, 0.15) is 32.1 Å². The Kier molecular flexibility index (Phi) is 1.87. The third kappa shape index (κ3) is 1.12. The molecule has 14 heavy (non-hydrogen) atoms. The summed E-state index contributed by atoms with van der Waals surface area (Å²) in [6, 6.07) is 0. The maximum Gasteiger partial charge on any atom is 0.206 e. The molecule has 1 saturated heterocycles.